The van der Waals surface area contributed by atoms with Crippen molar-refractivity contribution in [3.05, 3.63) is 95.6 Å². The van der Waals surface area contributed by atoms with Gasteiger partial charge in [0.2, 0.25) is 5.91 Å². The maximum atomic E-state index is 13.4. The second-order valence-electron chi connectivity index (χ2n) is 7.94. The Morgan fingerprint density at radius 2 is 1.94 bits per heavy atom. The molecule has 2 aromatic carbocycles. The highest BCUT2D eigenvalue weighted by atomic mass is 19.1. The standard InChI is InChI=1S/C25H24FN3O3/c26-20-8-3-6-18(14-20)16-32-21-9-4-7-19(15-21)23(30)29-13-5-11-25(17-29,24(27)31)22-10-1-2-12-28-22/h1-4,6-10,12,14-15H,5,11,13,16-17H2,(H2,27,31)/t25-/m0/s1. The molecule has 1 atom stereocenters. The van der Waals surface area contributed by atoms with Crippen molar-refractivity contribution < 1.29 is 18.7 Å². The number of primary amides is 1. The summed E-state index contributed by atoms with van der Waals surface area (Å²) in [4.78, 5) is 31.7. The molecule has 1 aliphatic rings. The average Bonchev–Trinajstić information content (AvgIpc) is 2.83. The summed E-state index contributed by atoms with van der Waals surface area (Å²) in [6, 6.07) is 18.4. The van der Waals surface area contributed by atoms with E-state index in [9.17, 15) is 14.0 Å². The molecule has 7 heteroatoms. The van der Waals surface area contributed by atoms with Gasteiger partial charge < -0.3 is 15.4 Å². The Morgan fingerprint density at radius 3 is 2.69 bits per heavy atom. The van der Waals surface area contributed by atoms with Crippen LogP contribution in [-0.4, -0.2) is 34.8 Å². The molecule has 3 aromatic rings. The lowest BCUT2D eigenvalue weighted by Gasteiger charge is -2.40. The van der Waals surface area contributed by atoms with Gasteiger partial charge in [0.1, 0.15) is 23.6 Å². The number of halogens is 1. The third-order valence-electron chi connectivity index (χ3n) is 5.78. The molecule has 32 heavy (non-hydrogen) atoms. The molecule has 164 valence electrons. The monoisotopic (exact) mass is 433 g/mol. The van der Waals surface area contributed by atoms with E-state index in [-0.39, 0.29) is 24.9 Å². The zero-order chi connectivity index (χ0) is 22.6. The fraction of sp³-hybridized carbons (Fsp3) is 0.240. The first-order chi connectivity index (χ1) is 15.5. The van der Waals surface area contributed by atoms with Crippen LogP contribution < -0.4 is 10.5 Å². The first kappa shape index (κ1) is 21.5. The molecule has 0 saturated carbocycles. The summed E-state index contributed by atoms with van der Waals surface area (Å²) in [7, 11) is 0. The Hall–Kier alpha value is -3.74. The molecular formula is C25H24FN3O3. The van der Waals surface area contributed by atoms with Gasteiger partial charge in [-0.25, -0.2) is 4.39 Å². The molecule has 2 amide bonds. The Balaban J connectivity index is 1.51. The van der Waals surface area contributed by atoms with E-state index in [1.165, 1.54) is 12.1 Å². The van der Waals surface area contributed by atoms with Gasteiger partial charge in [0, 0.05) is 24.8 Å². The number of rotatable bonds is 6. The normalized spacial score (nSPS) is 18.2. The number of benzene rings is 2. The number of amides is 2. The van der Waals surface area contributed by atoms with Gasteiger partial charge in [0.25, 0.3) is 5.91 Å². The predicted molar refractivity (Wildman–Crippen MR) is 117 cm³/mol. The van der Waals surface area contributed by atoms with Crippen LogP contribution in [0.15, 0.2) is 72.9 Å². The third kappa shape index (κ3) is 4.46. The Kier molecular flexibility index (Phi) is 6.16. The Morgan fingerprint density at radius 1 is 1.09 bits per heavy atom. The lowest BCUT2D eigenvalue weighted by atomic mass is 9.76. The molecule has 4 rings (SSSR count). The van der Waals surface area contributed by atoms with E-state index in [4.69, 9.17) is 10.5 Å². The number of carbonyl (C=O) groups excluding carboxylic acids is 2. The van der Waals surface area contributed by atoms with Crippen LogP contribution in [-0.2, 0) is 16.8 Å². The van der Waals surface area contributed by atoms with Crippen LogP contribution in [0.5, 0.6) is 5.75 Å². The van der Waals surface area contributed by atoms with Gasteiger partial charge in [0.15, 0.2) is 0 Å². The zero-order valence-electron chi connectivity index (χ0n) is 17.5. The van der Waals surface area contributed by atoms with Crippen molar-refractivity contribution in [3.8, 4) is 5.75 Å². The van der Waals surface area contributed by atoms with E-state index in [2.05, 4.69) is 4.98 Å². The van der Waals surface area contributed by atoms with E-state index < -0.39 is 11.3 Å². The quantitative estimate of drug-likeness (QED) is 0.645. The summed E-state index contributed by atoms with van der Waals surface area (Å²) in [5.74, 6) is -0.516. The molecule has 1 aromatic heterocycles. The van der Waals surface area contributed by atoms with Crippen molar-refractivity contribution in [2.75, 3.05) is 13.1 Å². The molecule has 0 radical (unpaired) electrons. The van der Waals surface area contributed by atoms with Crippen molar-refractivity contribution in [1.82, 2.24) is 9.88 Å². The van der Waals surface area contributed by atoms with Crippen LogP contribution in [0.4, 0.5) is 4.39 Å². The molecule has 1 aliphatic heterocycles. The first-order valence-electron chi connectivity index (χ1n) is 10.5. The molecule has 1 fully saturated rings. The number of nitrogens with zero attached hydrogens (tertiary/aromatic N) is 2. The first-order valence-corrected chi connectivity index (χ1v) is 10.5. The van der Waals surface area contributed by atoms with Gasteiger partial charge in [-0.15, -0.1) is 0 Å². The van der Waals surface area contributed by atoms with Crippen LogP contribution in [0.3, 0.4) is 0 Å². The molecule has 2 N–H and O–H groups in total. The van der Waals surface area contributed by atoms with Gasteiger partial charge >= 0.3 is 0 Å². The van der Waals surface area contributed by atoms with E-state index in [1.54, 1.807) is 59.6 Å². The highest BCUT2D eigenvalue weighted by Crippen LogP contribution is 2.33. The van der Waals surface area contributed by atoms with Crippen LogP contribution in [0.25, 0.3) is 0 Å². The lowest BCUT2D eigenvalue weighted by molar-refractivity contribution is -0.125. The molecule has 0 unspecified atom stereocenters. The fourth-order valence-corrected chi connectivity index (χ4v) is 4.11. The predicted octanol–water partition coefficient (Wildman–Crippen LogP) is 3.46. The minimum Gasteiger partial charge on any atom is -0.489 e. The Labute approximate surface area is 185 Å². The average molecular weight is 433 g/mol. The summed E-state index contributed by atoms with van der Waals surface area (Å²) in [5, 5.41) is 0. The van der Waals surface area contributed by atoms with Gasteiger partial charge in [0.05, 0.1) is 5.69 Å². The number of ether oxygens (including phenoxy) is 1. The second-order valence-corrected chi connectivity index (χ2v) is 7.94. The smallest absolute Gasteiger partial charge is 0.254 e. The van der Waals surface area contributed by atoms with Gasteiger partial charge in [-0.05, 0) is 60.9 Å². The highest BCUT2D eigenvalue weighted by Gasteiger charge is 2.44. The number of pyridine rings is 1. The van der Waals surface area contributed by atoms with E-state index in [1.807, 2.05) is 6.07 Å². The molecule has 2 heterocycles. The van der Waals surface area contributed by atoms with E-state index in [0.717, 1.165) is 0 Å². The van der Waals surface area contributed by atoms with Crippen LogP contribution in [0, 0.1) is 5.82 Å². The van der Waals surface area contributed by atoms with Crippen molar-refractivity contribution in [3.63, 3.8) is 0 Å². The lowest BCUT2D eigenvalue weighted by Crippen LogP contribution is -2.55. The minimum atomic E-state index is -1.01. The van der Waals surface area contributed by atoms with Crippen LogP contribution in [0.2, 0.25) is 0 Å². The number of hydrogen-bond acceptors (Lipinski definition) is 4. The SMILES string of the molecule is NC(=O)[C@@]1(c2ccccn2)CCCN(C(=O)c2cccc(OCc3cccc(F)c3)c2)C1. The van der Waals surface area contributed by atoms with Crippen LogP contribution in [0.1, 0.15) is 34.5 Å². The second kappa shape index (κ2) is 9.18. The van der Waals surface area contributed by atoms with Gasteiger partial charge in [-0.1, -0.05) is 24.3 Å². The number of nitrogens with two attached hydrogens (primary N) is 1. The largest absolute Gasteiger partial charge is 0.489 e. The molecule has 1 saturated heterocycles. The van der Waals surface area contributed by atoms with Crippen LogP contribution >= 0.6 is 0 Å². The maximum Gasteiger partial charge on any atom is 0.254 e. The molecule has 0 bridgehead atoms. The topological polar surface area (TPSA) is 85.5 Å². The number of likely N-dealkylation sites (tertiary alicyclic amines) is 1. The molecular weight excluding hydrogens is 409 g/mol. The van der Waals surface area contributed by atoms with Gasteiger partial charge in [-0.2, -0.15) is 0 Å². The summed E-state index contributed by atoms with van der Waals surface area (Å²) < 4.78 is 19.1. The summed E-state index contributed by atoms with van der Waals surface area (Å²) >= 11 is 0. The number of hydrogen-bond donors (Lipinski definition) is 1. The third-order valence-corrected chi connectivity index (χ3v) is 5.78. The number of aromatic nitrogens is 1. The van der Waals surface area contributed by atoms with Crippen molar-refractivity contribution in [2.45, 2.75) is 24.9 Å². The highest BCUT2D eigenvalue weighted by molar-refractivity contribution is 5.96. The fourth-order valence-electron chi connectivity index (χ4n) is 4.11. The molecule has 6 nitrogen and oxygen atoms in total. The number of piperidine rings is 1. The van der Waals surface area contributed by atoms with E-state index in [0.29, 0.717) is 42.0 Å². The molecule has 0 spiro atoms. The maximum absolute atomic E-state index is 13.4. The van der Waals surface area contributed by atoms with Crippen molar-refractivity contribution in [1.29, 1.82) is 0 Å². The zero-order valence-corrected chi connectivity index (χ0v) is 17.5. The van der Waals surface area contributed by atoms with Crippen molar-refractivity contribution in [2.24, 2.45) is 5.73 Å². The minimum absolute atomic E-state index is 0.173. The Bertz CT molecular complexity index is 1120. The van der Waals surface area contributed by atoms with Crippen molar-refractivity contribution >= 4 is 11.8 Å². The van der Waals surface area contributed by atoms with E-state index >= 15 is 0 Å². The number of carbonyl (C=O) groups is 2. The summed E-state index contributed by atoms with van der Waals surface area (Å²) in [6.07, 6.45) is 2.81. The summed E-state index contributed by atoms with van der Waals surface area (Å²) in [5.41, 5.74) is 6.51. The van der Waals surface area contributed by atoms with Gasteiger partial charge in [-0.3, -0.25) is 14.6 Å². The summed E-state index contributed by atoms with van der Waals surface area (Å²) in [6.45, 7) is 0.880. The molecule has 0 aliphatic carbocycles.